The highest BCUT2D eigenvalue weighted by atomic mass is 15.2. The van der Waals surface area contributed by atoms with E-state index in [1.807, 2.05) is 6.20 Å². The molecule has 22 heavy (non-hydrogen) atoms. The normalized spacial score (nSPS) is 17.4. The zero-order valence-corrected chi connectivity index (χ0v) is 13.8. The topological polar surface area (TPSA) is 28.2 Å². The molecule has 1 aromatic heterocycles. The van der Waals surface area contributed by atoms with Gasteiger partial charge in [-0.1, -0.05) is 29.8 Å². The van der Waals surface area contributed by atoms with Gasteiger partial charge in [0, 0.05) is 32.4 Å². The first kappa shape index (κ1) is 15.2. The van der Waals surface area contributed by atoms with Crippen molar-refractivity contribution >= 4 is 0 Å². The molecule has 0 aliphatic carbocycles. The lowest BCUT2D eigenvalue weighted by molar-refractivity contribution is 0.195. The lowest BCUT2D eigenvalue weighted by Gasteiger charge is -2.35. The van der Waals surface area contributed by atoms with Gasteiger partial charge in [-0.25, -0.2) is 0 Å². The Balaban J connectivity index is 2.05. The SMILES string of the molecule is Cc1ccc(C(c2cc(C)ccc2C)N2CCNCC2)nc1. The maximum atomic E-state index is 4.74. The number of aromatic nitrogens is 1. The molecule has 2 aromatic rings. The molecule has 116 valence electrons. The van der Waals surface area contributed by atoms with E-state index in [0.29, 0.717) is 0 Å². The Hall–Kier alpha value is -1.71. The average Bonchev–Trinajstić information content (AvgIpc) is 2.54. The van der Waals surface area contributed by atoms with Crippen LogP contribution in [0.1, 0.15) is 34.0 Å². The second-order valence-electron chi connectivity index (χ2n) is 6.31. The Morgan fingerprint density at radius 2 is 1.73 bits per heavy atom. The minimum Gasteiger partial charge on any atom is -0.314 e. The second kappa shape index (κ2) is 6.59. The van der Waals surface area contributed by atoms with Gasteiger partial charge < -0.3 is 5.32 Å². The Kier molecular flexibility index (Phi) is 4.55. The summed E-state index contributed by atoms with van der Waals surface area (Å²) in [7, 11) is 0. The number of pyridine rings is 1. The number of nitrogens with zero attached hydrogens (tertiary/aromatic N) is 2. The van der Waals surface area contributed by atoms with Gasteiger partial charge in [-0.15, -0.1) is 0 Å². The van der Waals surface area contributed by atoms with Gasteiger partial charge in [0.1, 0.15) is 0 Å². The molecule has 1 unspecified atom stereocenters. The smallest absolute Gasteiger partial charge is 0.0779 e. The number of nitrogens with one attached hydrogen (secondary N) is 1. The summed E-state index contributed by atoms with van der Waals surface area (Å²) in [6, 6.07) is 11.3. The molecular weight excluding hydrogens is 270 g/mol. The molecule has 0 spiro atoms. The van der Waals surface area contributed by atoms with Crippen LogP contribution in [0.15, 0.2) is 36.5 Å². The van der Waals surface area contributed by atoms with Crippen LogP contribution in [-0.4, -0.2) is 36.1 Å². The van der Waals surface area contributed by atoms with E-state index >= 15 is 0 Å². The second-order valence-corrected chi connectivity index (χ2v) is 6.31. The molecule has 0 saturated carbocycles. The van der Waals surface area contributed by atoms with Crippen LogP contribution in [0.3, 0.4) is 0 Å². The van der Waals surface area contributed by atoms with Crippen molar-refractivity contribution in [1.82, 2.24) is 15.2 Å². The van der Waals surface area contributed by atoms with Crippen molar-refractivity contribution in [2.24, 2.45) is 0 Å². The molecule has 0 radical (unpaired) electrons. The van der Waals surface area contributed by atoms with E-state index in [4.69, 9.17) is 4.98 Å². The predicted molar refractivity (Wildman–Crippen MR) is 91.2 cm³/mol. The third-order valence-corrected chi connectivity index (χ3v) is 4.46. The molecule has 2 heterocycles. The van der Waals surface area contributed by atoms with E-state index in [1.54, 1.807) is 0 Å². The minimum atomic E-state index is 0.252. The maximum absolute atomic E-state index is 4.74. The summed E-state index contributed by atoms with van der Waals surface area (Å²) >= 11 is 0. The van der Waals surface area contributed by atoms with Crippen molar-refractivity contribution in [3.63, 3.8) is 0 Å². The first-order valence-corrected chi connectivity index (χ1v) is 8.09. The molecule has 0 amide bonds. The van der Waals surface area contributed by atoms with Crippen molar-refractivity contribution in [3.05, 3.63) is 64.5 Å². The predicted octanol–water partition coefficient (Wildman–Crippen LogP) is 3.00. The number of rotatable bonds is 3. The van der Waals surface area contributed by atoms with E-state index in [0.717, 1.165) is 31.9 Å². The van der Waals surface area contributed by atoms with Gasteiger partial charge in [-0.05, 0) is 43.5 Å². The van der Waals surface area contributed by atoms with Crippen LogP contribution in [0.2, 0.25) is 0 Å². The zero-order chi connectivity index (χ0) is 15.5. The Morgan fingerprint density at radius 3 is 2.41 bits per heavy atom. The Bertz CT molecular complexity index is 628. The molecule has 1 N–H and O–H groups in total. The van der Waals surface area contributed by atoms with Crippen LogP contribution in [0, 0.1) is 20.8 Å². The van der Waals surface area contributed by atoms with Crippen molar-refractivity contribution in [1.29, 1.82) is 0 Å². The molecule has 1 aliphatic heterocycles. The molecule has 1 aromatic carbocycles. The van der Waals surface area contributed by atoms with Gasteiger partial charge >= 0.3 is 0 Å². The molecule has 1 aliphatic rings. The first-order valence-electron chi connectivity index (χ1n) is 8.09. The molecule has 1 saturated heterocycles. The zero-order valence-electron chi connectivity index (χ0n) is 13.8. The molecule has 0 bridgehead atoms. The average molecular weight is 295 g/mol. The van der Waals surface area contributed by atoms with Crippen LogP contribution >= 0.6 is 0 Å². The summed E-state index contributed by atoms with van der Waals surface area (Å²) in [5.41, 5.74) is 6.41. The fourth-order valence-electron chi connectivity index (χ4n) is 3.18. The van der Waals surface area contributed by atoms with Crippen molar-refractivity contribution in [2.45, 2.75) is 26.8 Å². The molecule has 1 atom stereocenters. The van der Waals surface area contributed by atoms with E-state index in [2.05, 4.69) is 61.3 Å². The molecule has 1 fully saturated rings. The van der Waals surface area contributed by atoms with Gasteiger partial charge in [-0.3, -0.25) is 9.88 Å². The molecule has 3 rings (SSSR count). The Labute approximate surface area is 133 Å². The maximum Gasteiger partial charge on any atom is 0.0779 e. The highest BCUT2D eigenvalue weighted by Gasteiger charge is 2.26. The molecule has 3 nitrogen and oxygen atoms in total. The largest absolute Gasteiger partial charge is 0.314 e. The van der Waals surface area contributed by atoms with E-state index in [1.165, 1.54) is 22.3 Å². The summed E-state index contributed by atoms with van der Waals surface area (Å²) < 4.78 is 0. The lowest BCUT2D eigenvalue weighted by atomic mass is 9.94. The fraction of sp³-hybridized carbons (Fsp3) is 0.421. The number of hydrogen-bond acceptors (Lipinski definition) is 3. The quantitative estimate of drug-likeness (QED) is 0.943. The molecule has 3 heteroatoms. The summed E-state index contributed by atoms with van der Waals surface area (Å²) in [5, 5.41) is 3.45. The van der Waals surface area contributed by atoms with Crippen molar-refractivity contribution in [3.8, 4) is 0 Å². The van der Waals surface area contributed by atoms with E-state index in [-0.39, 0.29) is 6.04 Å². The lowest BCUT2D eigenvalue weighted by Crippen LogP contribution is -2.45. The van der Waals surface area contributed by atoms with Gasteiger partial charge in [0.2, 0.25) is 0 Å². The van der Waals surface area contributed by atoms with Gasteiger partial charge in [0.05, 0.1) is 11.7 Å². The van der Waals surface area contributed by atoms with Crippen molar-refractivity contribution in [2.75, 3.05) is 26.2 Å². The summed E-state index contributed by atoms with van der Waals surface area (Å²) in [4.78, 5) is 7.29. The monoisotopic (exact) mass is 295 g/mol. The highest BCUT2D eigenvalue weighted by molar-refractivity contribution is 5.37. The Morgan fingerprint density at radius 1 is 1.00 bits per heavy atom. The fourth-order valence-corrected chi connectivity index (χ4v) is 3.18. The van der Waals surface area contributed by atoms with Crippen LogP contribution < -0.4 is 5.32 Å². The number of piperazine rings is 1. The van der Waals surface area contributed by atoms with Gasteiger partial charge in [0.15, 0.2) is 0 Å². The molecular formula is C19H25N3. The summed E-state index contributed by atoms with van der Waals surface area (Å²) in [6.07, 6.45) is 1.98. The van der Waals surface area contributed by atoms with Crippen LogP contribution in [0.5, 0.6) is 0 Å². The van der Waals surface area contributed by atoms with Gasteiger partial charge in [0.25, 0.3) is 0 Å². The third-order valence-electron chi connectivity index (χ3n) is 4.46. The highest BCUT2D eigenvalue weighted by Crippen LogP contribution is 2.30. The number of benzene rings is 1. The third kappa shape index (κ3) is 3.21. The van der Waals surface area contributed by atoms with Gasteiger partial charge in [-0.2, -0.15) is 0 Å². The minimum absolute atomic E-state index is 0.252. The summed E-state index contributed by atoms with van der Waals surface area (Å²) in [6.45, 7) is 10.7. The number of hydrogen-bond donors (Lipinski definition) is 1. The van der Waals surface area contributed by atoms with Crippen molar-refractivity contribution < 1.29 is 0 Å². The first-order chi connectivity index (χ1) is 10.6. The van der Waals surface area contributed by atoms with Crippen LogP contribution in [0.25, 0.3) is 0 Å². The van der Waals surface area contributed by atoms with E-state index in [9.17, 15) is 0 Å². The standard InChI is InChI=1S/C19H25N3/c1-14-4-6-16(3)17(12-14)19(22-10-8-20-9-11-22)18-7-5-15(2)13-21-18/h4-7,12-13,19-20H,8-11H2,1-3H3. The van der Waals surface area contributed by atoms with Crippen LogP contribution in [-0.2, 0) is 0 Å². The number of aryl methyl sites for hydroxylation is 3. The summed E-state index contributed by atoms with van der Waals surface area (Å²) in [5.74, 6) is 0. The van der Waals surface area contributed by atoms with E-state index < -0.39 is 0 Å². The van der Waals surface area contributed by atoms with Crippen LogP contribution in [0.4, 0.5) is 0 Å².